The Morgan fingerprint density at radius 2 is 1.97 bits per heavy atom. The van der Waals surface area contributed by atoms with Crippen molar-refractivity contribution in [3.63, 3.8) is 0 Å². The molecule has 1 aromatic carbocycles. The van der Waals surface area contributed by atoms with Crippen LogP contribution in [0.15, 0.2) is 41.0 Å². The van der Waals surface area contributed by atoms with Gasteiger partial charge >= 0.3 is 0 Å². The third-order valence-electron chi connectivity index (χ3n) is 5.06. The molecule has 1 fully saturated rings. The molecule has 4 rings (SSSR count). The van der Waals surface area contributed by atoms with Crippen LogP contribution in [0.4, 0.5) is 5.82 Å². The zero-order chi connectivity index (χ0) is 20.2. The number of halogens is 1. The Morgan fingerprint density at radius 1 is 1.14 bits per heavy atom. The minimum atomic E-state index is 0.675. The summed E-state index contributed by atoms with van der Waals surface area (Å²) in [4.78, 5) is 7.29. The fraction of sp³-hybridized carbons (Fsp3) is 0.381. The summed E-state index contributed by atoms with van der Waals surface area (Å²) in [5, 5.41) is 3.60. The number of rotatable bonds is 7. The molecule has 1 aliphatic rings. The zero-order valence-electron chi connectivity index (χ0n) is 16.7. The number of fused-ring (bicyclic) bond motifs is 1. The van der Waals surface area contributed by atoms with E-state index in [1.807, 2.05) is 36.5 Å². The van der Waals surface area contributed by atoms with Gasteiger partial charge in [-0.25, -0.2) is 4.98 Å². The Morgan fingerprint density at radius 3 is 2.72 bits per heavy atom. The number of morpholine rings is 1. The molecule has 1 aliphatic heterocycles. The van der Waals surface area contributed by atoms with Crippen molar-refractivity contribution < 1.29 is 14.2 Å². The normalized spacial score (nSPS) is 14.9. The van der Waals surface area contributed by atoms with Gasteiger partial charge < -0.3 is 19.5 Å². The number of hydrogen-bond acceptors (Lipinski definition) is 6. The zero-order valence-corrected chi connectivity index (χ0v) is 18.2. The van der Waals surface area contributed by atoms with E-state index in [-0.39, 0.29) is 0 Å². The van der Waals surface area contributed by atoms with Gasteiger partial charge in [-0.05, 0) is 40.2 Å². The molecule has 0 spiro atoms. The van der Waals surface area contributed by atoms with Crippen LogP contribution < -0.4 is 14.8 Å². The molecule has 0 amide bonds. The summed E-state index contributed by atoms with van der Waals surface area (Å²) < 4.78 is 19.6. The van der Waals surface area contributed by atoms with Crippen LogP contribution in [-0.4, -0.2) is 67.9 Å². The largest absolute Gasteiger partial charge is 0.493 e. The second-order valence-corrected chi connectivity index (χ2v) is 7.72. The van der Waals surface area contributed by atoms with E-state index in [0.29, 0.717) is 11.5 Å². The van der Waals surface area contributed by atoms with E-state index < -0.39 is 0 Å². The highest BCUT2D eigenvalue weighted by molar-refractivity contribution is 9.10. The smallest absolute Gasteiger partial charge is 0.170 e. The Bertz CT molecular complexity index is 985. The van der Waals surface area contributed by atoms with Crippen LogP contribution in [-0.2, 0) is 4.74 Å². The molecule has 0 atom stereocenters. The van der Waals surface area contributed by atoms with Crippen molar-refractivity contribution in [2.24, 2.45) is 0 Å². The number of nitrogens with zero attached hydrogens (tertiary/aromatic N) is 3. The van der Waals surface area contributed by atoms with E-state index in [4.69, 9.17) is 19.2 Å². The summed E-state index contributed by atoms with van der Waals surface area (Å²) in [6, 6.07) is 9.83. The van der Waals surface area contributed by atoms with Gasteiger partial charge in [0.25, 0.3) is 0 Å². The monoisotopic (exact) mass is 460 g/mol. The highest BCUT2D eigenvalue weighted by atomic mass is 79.9. The Hall–Kier alpha value is -2.29. The number of para-hydroxylation sites is 1. The lowest BCUT2D eigenvalue weighted by molar-refractivity contribution is 0.0398. The predicted octanol–water partition coefficient (Wildman–Crippen LogP) is 3.53. The number of nitrogens with one attached hydrogen (secondary N) is 1. The van der Waals surface area contributed by atoms with Crippen LogP contribution in [0, 0.1) is 0 Å². The van der Waals surface area contributed by atoms with Gasteiger partial charge in [-0.3, -0.25) is 9.30 Å². The maximum atomic E-state index is 5.66. The van der Waals surface area contributed by atoms with Crippen LogP contribution in [0.2, 0.25) is 0 Å². The van der Waals surface area contributed by atoms with E-state index in [2.05, 4.69) is 30.5 Å². The summed E-state index contributed by atoms with van der Waals surface area (Å²) in [6.07, 6.45) is 2.02. The predicted molar refractivity (Wildman–Crippen MR) is 117 cm³/mol. The van der Waals surface area contributed by atoms with Crippen molar-refractivity contribution in [3.05, 3.63) is 41.0 Å². The number of imidazole rings is 1. The van der Waals surface area contributed by atoms with Crippen LogP contribution in [0.25, 0.3) is 16.9 Å². The number of hydrogen-bond donors (Lipinski definition) is 1. The quantitative estimate of drug-likeness (QED) is 0.581. The summed E-state index contributed by atoms with van der Waals surface area (Å²) >= 11 is 3.57. The number of anilines is 1. The topological polar surface area (TPSA) is 60.3 Å². The molecule has 29 heavy (non-hydrogen) atoms. The van der Waals surface area contributed by atoms with Gasteiger partial charge in [0.2, 0.25) is 0 Å². The standard InChI is InChI=1S/C21H25BrN4O3/c1-27-17-5-3-4-16(20(17)28-2)19-21(23-8-9-25-10-12-29-13-11-25)26-14-15(22)6-7-18(26)24-19/h3-7,14,23H,8-13H2,1-2H3. The summed E-state index contributed by atoms with van der Waals surface area (Å²) in [5.41, 5.74) is 2.59. The minimum absolute atomic E-state index is 0.675. The molecule has 8 heteroatoms. The highest BCUT2D eigenvalue weighted by Crippen LogP contribution is 2.40. The van der Waals surface area contributed by atoms with Crippen molar-refractivity contribution in [1.29, 1.82) is 0 Å². The van der Waals surface area contributed by atoms with Crippen molar-refractivity contribution in [2.45, 2.75) is 0 Å². The van der Waals surface area contributed by atoms with E-state index in [1.165, 1.54) is 0 Å². The Kier molecular flexibility index (Phi) is 6.22. The summed E-state index contributed by atoms with van der Waals surface area (Å²) in [7, 11) is 3.29. The van der Waals surface area contributed by atoms with Crippen molar-refractivity contribution in [2.75, 3.05) is 58.9 Å². The van der Waals surface area contributed by atoms with Gasteiger partial charge in [0, 0.05) is 42.4 Å². The molecule has 0 unspecified atom stereocenters. The van der Waals surface area contributed by atoms with E-state index in [1.54, 1.807) is 14.2 Å². The first-order valence-corrected chi connectivity index (χ1v) is 10.4. The molecule has 0 saturated carbocycles. The Balaban J connectivity index is 1.71. The van der Waals surface area contributed by atoms with Crippen molar-refractivity contribution in [1.82, 2.24) is 14.3 Å². The highest BCUT2D eigenvalue weighted by Gasteiger charge is 2.20. The maximum Gasteiger partial charge on any atom is 0.170 e. The SMILES string of the molecule is COc1cccc(-c2nc3ccc(Br)cn3c2NCCN2CCOCC2)c1OC. The Labute approximate surface area is 178 Å². The first-order chi connectivity index (χ1) is 14.2. The van der Waals surface area contributed by atoms with Gasteiger partial charge in [0.1, 0.15) is 17.2 Å². The molecule has 0 bridgehead atoms. The fourth-order valence-corrected chi connectivity index (χ4v) is 3.94. The number of methoxy groups -OCH3 is 2. The van der Waals surface area contributed by atoms with Gasteiger partial charge in [-0.2, -0.15) is 0 Å². The lowest BCUT2D eigenvalue weighted by Crippen LogP contribution is -2.39. The number of aromatic nitrogens is 2. The number of pyridine rings is 1. The van der Waals surface area contributed by atoms with Gasteiger partial charge in [-0.15, -0.1) is 0 Å². The maximum absolute atomic E-state index is 5.66. The summed E-state index contributed by atoms with van der Waals surface area (Å²) in [6.45, 7) is 5.29. The average Bonchev–Trinajstić information content (AvgIpc) is 3.11. The van der Waals surface area contributed by atoms with Gasteiger partial charge in [0.05, 0.1) is 27.4 Å². The molecule has 154 valence electrons. The molecule has 2 aromatic heterocycles. The molecular formula is C21H25BrN4O3. The third kappa shape index (κ3) is 4.19. The summed E-state index contributed by atoms with van der Waals surface area (Å²) in [5.74, 6) is 2.29. The molecule has 7 nitrogen and oxygen atoms in total. The van der Waals surface area contributed by atoms with Gasteiger partial charge in [-0.1, -0.05) is 6.07 Å². The molecule has 1 saturated heterocycles. The minimum Gasteiger partial charge on any atom is -0.493 e. The van der Waals surface area contributed by atoms with Crippen LogP contribution in [0.3, 0.4) is 0 Å². The van der Waals surface area contributed by atoms with Crippen molar-refractivity contribution in [3.8, 4) is 22.8 Å². The second-order valence-electron chi connectivity index (χ2n) is 6.81. The number of benzene rings is 1. The van der Waals surface area contributed by atoms with Gasteiger partial charge in [0.15, 0.2) is 11.5 Å². The molecule has 0 aliphatic carbocycles. The lowest BCUT2D eigenvalue weighted by Gasteiger charge is -2.26. The first kappa shape index (κ1) is 20.0. The van der Waals surface area contributed by atoms with E-state index in [9.17, 15) is 0 Å². The number of ether oxygens (including phenoxy) is 3. The third-order valence-corrected chi connectivity index (χ3v) is 5.53. The molecule has 3 heterocycles. The van der Waals surface area contributed by atoms with E-state index >= 15 is 0 Å². The molecule has 1 N–H and O–H groups in total. The van der Waals surface area contributed by atoms with Crippen LogP contribution in [0.5, 0.6) is 11.5 Å². The molecular weight excluding hydrogens is 436 g/mol. The van der Waals surface area contributed by atoms with E-state index in [0.717, 1.165) is 66.6 Å². The van der Waals surface area contributed by atoms with Crippen LogP contribution in [0.1, 0.15) is 0 Å². The average molecular weight is 461 g/mol. The molecule has 3 aromatic rings. The van der Waals surface area contributed by atoms with Crippen molar-refractivity contribution >= 4 is 27.4 Å². The first-order valence-electron chi connectivity index (χ1n) is 9.64. The molecule has 0 radical (unpaired) electrons. The lowest BCUT2D eigenvalue weighted by atomic mass is 10.1. The fourth-order valence-electron chi connectivity index (χ4n) is 3.61. The second kappa shape index (κ2) is 9.02. The van der Waals surface area contributed by atoms with Crippen LogP contribution >= 0.6 is 15.9 Å².